The molecule has 1 atom stereocenters. The molecule has 0 spiro atoms. The minimum absolute atomic E-state index is 0.0133. The fourth-order valence-electron chi connectivity index (χ4n) is 4.46. The Morgan fingerprint density at radius 3 is 2.86 bits per heavy atom. The average molecular weight is 479 g/mol. The highest BCUT2D eigenvalue weighted by Crippen LogP contribution is 2.30. The molecule has 8 nitrogen and oxygen atoms in total. The van der Waals surface area contributed by atoms with E-state index < -0.39 is 5.97 Å². The molecule has 2 aromatic heterocycles. The third kappa shape index (κ3) is 6.32. The second-order valence-electron chi connectivity index (χ2n) is 8.99. The zero-order valence-electron chi connectivity index (χ0n) is 20.7. The molecule has 0 amide bonds. The molecule has 0 saturated carbocycles. The van der Waals surface area contributed by atoms with Crippen molar-refractivity contribution in [3.63, 3.8) is 0 Å². The van der Waals surface area contributed by atoms with Gasteiger partial charge in [-0.15, -0.1) is 0 Å². The van der Waals surface area contributed by atoms with Gasteiger partial charge < -0.3 is 19.9 Å². The Morgan fingerprint density at radius 1 is 1.20 bits per heavy atom. The zero-order valence-corrected chi connectivity index (χ0v) is 20.7. The largest absolute Gasteiger partial charge is 0.494 e. The lowest BCUT2D eigenvalue weighted by Gasteiger charge is -2.17. The van der Waals surface area contributed by atoms with Crippen molar-refractivity contribution in [3.8, 4) is 11.6 Å². The van der Waals surface area contributed by atoms with E-state index in [1.807, 2.05) is 45.2 Å². The number of aromatic nitrogens is 3. The second-order valence-corrected chi connectivity index (χ2v) is 8.99. The van der Waals surface area contributed by atoms with E-state index in [-0.39, 0.29) is 12.3 Å². The highest BCUT2D eigenvalue weighted by molar-refractivity contribution is 5.68. The predicted octanol–water partition coefficient (Wildman–Crippen LogP) is 4.30. The normalized spacial score (nSPS) is 13.6. The van der Waals surface area contributed by atoms with Gasteiger partial charge in [0, 0.05) is 37.7 Å². The van der Waals surface area contributed by atoms with Crippen molar-refractivity contribution >= 4 is 11.8 Å². The van der Waals surface area contributed by atoms with Crippen LogP contribution in [0, 0.1) is 6.92 Å². The predicted molar refractivity (Wildman–Crippen MR) is 135 cm³/mol. The summed E-state index contributed by atoms with van der Waals surface area (Å²) >= 11 is 0. The Bertz CT molecular complexity index is 1170. The summed E-state index contributed by atoms with van der Waals surface area (Å²) in [4.78, 5) is 16.3. The number of benzene rings is 1. The molecule has 3 heterocycles. The van der Waals surface area contributed by atoms with Crippen LogP contribution >= 0.6 is 0 Å². The van der Waals surface area contributed by atoms with Gasteiger partial charge in [-0.1, -0.05) is 18.2 Å². The minimum atomic E-state index is -0.840. The molecule has 1 aliphatic heterocycles. The molecule has 2 N–H and O–H groups in total. The van der Waals surface area contributed by atoms with Crippen LogP contribution in [0.25, 0.3) is 0 Å². The molecular formula is C27H34N4O4. The molecule has 0 aliphatic carbocycles. The molecule has 0 radical (unpaired) electrons. The van der Waals surface area contributed by atoms with Crippen LogP contribution < -0.4 is 14.8 Å². The summed E-state index contributed by atoms with van der Waals surface area (Å²) in [5.41, 5.74) is 5.02. The number of ether oxygens (including phenoxy) is 2. The summed E-state index contributed by atoms with van der Waals surface area (Å²) < 4.78 is 13.4. The van der Waals surface area contributed by atoms with Gasteiger partial charge in [0.1, 0.15) is 11.6 Å². The summed E-state index contributed by atoms with van der Waals surface area (Å²) in [6.07, 6.45) is 3.42. The van der Waals surface area contributed by atoms with Gasteiger partial charge in [-0.2, -0.15) is 5.10 Å². The topological polar surface area (TPSA) is 98.5 Å². The molecular weight excluding hydrogens is 444 g/mol. The van der Waals surface area contributed by atoms with Gasteiger partial charge in [0.2, 0.25) is 5.88 Å². The van der Waals surface area contributed by atoms with E-state index in [2.05, 4.69) is 22.5 Å². The maximum atomic E-state index is 11.6. The summed E-state index contributed by atoms with van der Waals surface area (Å²) in [7, 11) is 1.84. The lowest BCUT2D eigenvalue weighted by atomic mass is 9.90. The standard InChI is InChI=1S/C27H34N4O4/c1-4-34-24-15-20(8-7-18(24)2)21(16-26(32)33)14-23-17-25(31(3)30-23)35-13-11-22-10-9-19-6-5-12-28-27(19)29-22/h7-10,15,17,21H,4-6,11-14,16H2,1-3H3,(H,28,29)(H,32,33). The van der Waals surface area contributed by atoms with Gasteiger partial charge in [0.15, 0.2) is 0 Å². The number of aryl methyl sites for hydroxylation is 3. The third-order valence-electron chi connectivity index (χ3n) is 6.31. The van der Waals surface area contributed by atoms with Crippen molar-refractivity contribution in [1.29, 1.82) is 0 Å². The summed E-state index contributed by atoms with van der Waals surface area (Å²) in [5.74, 6) is 1.38. The molecule has 1 aliphatic rings. The average Bonchev–Trinajstić information content (AvgIpc) is 3.18. The van der Waals surface area contributed by atoms with E-state index in [4.69, 9.17) is 14.5 Å². The summed E-state index contributed by atoms with van der Waals surface area (Å²) in [6.45, 7) is 5.94. The van der Waals surface area contributed by atoms with Gasteiger partial charge >= 0.3 is 5.97 Å². The number of hydrogen-bond donors (Lipinski definition) is 2. The highest BCUT2D eigenvalue weighted by Gasteiger charge is 2.20. The molecule has 4 rings (SSSR count). The van der Waals surface area contributed by atoms with Crippen molar-refractivity contribution in [2.45, 2.75) is 51.9 Å². The molecule has 1 aromatic carbocycles. The number of pyridine rings is 1. The van der Waals surface area contributed by atoms with Gasteiger partial charge in [-0.3, -0.25) is 4.79 Å². The Balaban J connectivity index is 1.41. The number of carboxylic acids is 1. The van der Waals surface area contributed by atoms with Crippen LogP contribution in [-0.4, -0.2) is 45.6 Å². The maximum absolute atomic E-state index is 11.6. The number of nitrogens with one attached hydrogen (secondary N) is 1. The minimum Gasteiger partial charge on any atom is -0.494 e. The molecule has 3 aromatic rings. The van der Waals surface area contributed by atoms with Crippen molar-refractivity contribution < 1.29 is 19.4 Å². The Hall–Kier alpha value is -3.55. The number of nitrogens with zero attached hydrogens (tertiary/aromatic N) is 3. The number of aliphatic carboxylic acids is 1. The van der Waals surface area contributed by atoms with E-state index in [9.17, 15) is 9.90 Å². The van der Waals surface area contributed by atoms with Crippen LogP contribution in [0.2, 0.25) is 0 Å². The number of fused-ring (bicyclic) bond motifs is 1. The van der Waals surface area contributed by atoms with Gasteiger partial charge in [0.25, 0.3) is 0 Å². The van der Waals surface area contributed by atoms with Gasteiger partial charge in [-0.25, -0.2) is 9.67 Å². The number of carbonyl (C=O) groups is 1. The van der Waals surface area contributed by atoms with Crippen molar-refractivity contribution in [2.24, 2.45) is 7.05 Å². The second kappa shape index (κ2) is 11.3. The van der Waals surface area contributed by atoms with E-state index >= 15 is 0 Å². The van der Waals surface area contributed by atoms with Crippen LogP contribution in [-0.2, 0) is 31.1 Å². The molecule has 8 heteroatoms. The Morgan fingerprint density at radius 2 is 2.06 bits per heavy atom. The van der Waals surface area contributed by atoms with Crippen LogP contribution in [0.3, 0.4) is 0 Å². The lowest BCUT2D eigenvalue weighted by Crippen LogP contribution is -2.14. The first-order chi connectivity index (χ1) is 16.9. The van der Waals surface area contributed by atoms with E-state index in [1.54, 1.807) is 4.68 Å². The van der Waals surface area contributed by atoms with Gasteiger partial charge in [0.05, 0.1) is 25.3 Å². The highest BCUT2D eigenvalue weighted by atomic mass is 16.5. The van der Waals surface area contributed by atoms with E-state index in [0.29, 0.717) is 31.9 Å². The molecule has 1 unspecified atom stereocenters. The number of carboxylic acid groups (broad SMARTS) is 1. The number of hydrogen-bond acceptors (Lipinski definition) is 6. The van der Waals surface area contributed by atoms with Crippen molar-refractivity contribution in [2.75, 3.05) is 25.1 Å². The SMILES string of the molecule is CCOc1cc(C(CC(=O)O)Cc2cc(OCCc3ccc4c(n3)NCCC4)n(C)n2)ccc1C. The van der Waals surface area contributed by atoms with Gasteiger partial charge in [-0.05, 0) is 61.9 Å². The van der Waals surface area contributed by atoms with Crippen LogP contribution in [0.5, 0.6) is 11.6 Å². The zero-order chi connectivity index (χ0) is 24.8. The third-order valence-corrected chi connectivity index (χ3v) is 6.31. The smallest absolute Gasteiger partial charge is 0.303 e. The quantitative estimate of drug-likeness (QED) is 0.424. The molecule has 186 valence electrons. The van der Waals surface area contributed by atoms with Crippen LogP contribution in [0.1, 0.15) is 53.8 Å². The Labute approximate surface area is 206 Å². The first-order valence-electron chi connectivity index (χ1n) is 12.3. The number of anilines is 1. The van der Waals surface area contributed by atoms with E-state index in [1.165, 1.54) is 5.56 Å². The summed E-state index contributed by atoms with van der Waals surface area (Å²) in [5, 5.41) is 17.5. The van der Waals surface area contributed by atoms with Crippen LogP contribution in [0.15, 0.2) is 36.4 Å². The fraction of sp³-hybridized carbons (Fsp3) is 0.444. The van der Waals surface area contributed by atoms with Crippen molar-refractivity contribution in [1.82, 2.24) is 14.8 Å². The fourth-order valence-corrected chi connectivity index (χ4v) is 4.46. The lowest BCUT2D eigenvalue weighted by molar-refractivity contribution is -0.137. The first-order valence-corrected chi connectivity index (χ1v) is 12.3. The molecule has 35 heavy (non-hydrogen) atoms. The Kier molecular flexibility index (Phi) is 7.90. The maximum Gasteiger partial charge on any atom is 0.303 e. The van der Waals surface area contributed by atoms with E-state index in [0.717, 1.165) is 53.5 Å². The van der Waals surface area contributed by atoms with Crippen LogP contribution in [0.4, 0.5) is 5.82 Å². The van der Waals surface area contributed by atoms with Crippen molar-refractivity contribution in [3.05, 3.63) is 64.5 Å². The first kappa shape index (κ1) is 24.6. The summed E-state index contributed by atoms with van der Waals surface area (Å²) in [6, 6.07) is 12.0. The molecule has 0 bridgehead atoms. The molecule has 0 fully saturated rings. The number of rotatable bonds is 11. The monoisotopic (exact) mass is 478 g/mol. The molecule has 0 saturated heterocycles.